The number of hydrogen-bond donors (Lipinski definition) is 3. The van der Waals surface area contributed by atoms with Gasteiger partial charge in [-0.05, 0) is 19.4 Å². The number of aliphatic hydroxyl groups is 1. The first-order valence-electron chi connectivity index (χ1n) is 8.00. The number of anilines is 2. The Morgan fingerprint density at radius 2 is 2.08 bits per heavy atom. The summed E-state index contributed by atoms with van der Waals surface area (Å²) in [5.41, 5.74) is 0.528. The maximum atomic E-state index is 11.5. The number of ether oxygens (including phenoxy) is 1. The highest BCUT2D eigenvalue weighted by Gasteiger charge is 2.22. The number of nitrogens with one attached hydrogen (secondary N) is 2. The third-order valence-electron chi connectivity index (χ3n) is 3.58. The van der Waals surface area contributed by atoms with Crippen LogP contribution in [0.4, 0.5) is 22.0 Å². The van der Waals surface area contributed by atoms with Gasteiger partial charge in [-0.1, -0.05) is 30.3 Å². The molecule has 0 fully saturated rings. The topological polar surface area (TPSA) is 127 Å². The van der Waals surface area contributed by atoms with E-state index in [2.05, 4.69) is 15.6 Å². The third-order valence-corrected chi connectivity index (χ3v) is 3.58. The average Bonchev–Trinajstić information content (AvgIpc) is 2.62. The highest BCUT2D eigenvalue weighted by atomic mass is 16.6. The standard InChI is InChI=1S/C17H20N4O5/c1-3-26-17(23)20-15-9-13(14(10-18-15)21(24)25)19-11(2)16(22)12-7-5-4-6-8-12/h4-11,16,22H,3H2,1-2H3,(H2,18,19,20,23)/t11-,16+/m0/s1. The molecular formula is C17H20N4O5. The van der Waals surface area contributed by atoms with E-state index in [1.807, 2.05) is 6.07 Å². The van der Waals surface area contributed by atoms with Crippen molar-refractivity contribution in [1.82, 2.24) is 4.98 Å². The zero-order valence-electron chi connectivity index (χ0n) is 14.4. The molecule has 2 rings (SSSR count). The fraction of sp³-hybridized carbons (Fsp3) is 0.294. The van der Waals surface area contributed by atoms with Gasteiger partial charge in [-0.3, -0.25) is 15.4 Å². The maximum Gasteiger partial charge on any atom is 0.412 e. The second-order valence-corrected chi connectivity index (χ2v) is 5.48. The van der Waals surface area contributed by atoms with Crippen molar-refractivity contribution >= 4 is 23.3 Å². The number of carbonyl (C=O) groups excluding carboxylic acids is 1. The van der Waals surface area contributed by atoms with E-state index < -0.39 is 23.2 Å². The smallest absolute Gasteiger partial charge is 0.412 e. The summed E-state index contributed by atoms with van der Waals surface area (Å²) in [6.45, 7) is 3.53. The van der Waals surface area contributed by atoms with Crippen molar-refractivity contribution in [1.29, 1.82) is 0 Å². The highest BCUT2D eigenvalue weighted by Crippen LogP contribution is 2.29. The molecule has 2 atom stereocenters. The lowest BCUT2D eigenvalue weighted by Gasteiger charge is -2.21. The van der Waals surface area contributed by atoms with Crippen molar-refractivity contribution in [2.24, 2.45) is 0 Å². The maximum absolute atomic E-state index is 11.5. The van der Waals surface area contributed by atoms with Crippen molar-refractivity contribution in [3.8, 4) is 0 Å². The third kappa shape index (κ3) is 4.90. The second-order valence-electron chi connectivity index (χ2n) is 5.48. The molecule has 0 bridgehead atoms. The number of aliphatic hydroxyl groups excluding tert-OH is 1. The lowest BCUT2D eigenvalue weighted by atomic mass is 10.0. The molecule has 138 valence electrons. The second kappa shape index (κ2) is 8.77. The minimum absolute atomic E-state index is 0.0953. The molecule has 3 N–H and O–H groups in total. The molecule has 1 heterocycles. The van der Waals surface area contributed by atoms with E-state index >= 15 is 0 Å². The Hall–Kier alpha value is -3.20. The Morgan fingerprint density at radius 3 is 2.69 bits per heavy atom. The van der Waals surface area contributed by atoms with Crippen molar-refractivity contribution < 1.29 is 19.6 Å². The van der Waals surface area contributed by atoms with E-state index in [1.165, 1.54) is 6.07 Å². The fourth-order valence-corrected chi connectivity index (χ4v) is 2.31. The molecular weight excluding hydrogens is 340 g/mol. The van der Waals surface area contributed by atoms with Crippen LogP contribution in [0.25, 0.3) is 0 Å². The normalized spacial score (nSPS) is 12.7. The zero-order valence-corrected chi connectivity index (χ0v) is 14.4. The zero-order chi connectivity index (χ0) is 19.1. The molecule has 0 unspecified atom stereocenters. The van der Waals surface area contributed by atoms with Crippen LogP contribution in [0.3, 0.4) is 0 Å². The number of rotatable bonds is 7. The van der Waals surface area contributed by atoms with E-state index in [4.69, 9.17) is 4.74 Å². The molecule has 0 saturated heterocycles. The number of nitro groups is 1. The Morgan fingerprint density at radius 1 is 1.38 bits per heavy atom. The van der Waals surface area contributed by atoms with Crippen LogP contribution < -0.4 is 10.6 Å². The van der Waals surface area contributed by atoms with Gasteiger partial charge >= 0.3 is 11.8 Å². The lowest BCUT2D eigenvalue weighted by Crippen LogP contribution is -2.24. The Labute approximate surface area is 150 Å². The Kier molecular flexibility index (Phi) is 6.45. The number of pyridine rings is 1. The number of nitrogens with zero attached hydrogens (tertiary/aromatic N) is 2. The van der Waals surface area contributed by atoms with Gasteiger partial charge in [0.05, 0.1) is 23.7 Å². The largest absolute Gasteiger partial charge is 0.450 e. The van der Waals surface area contributed by atoms with E-state index in [-0.39, 0.29) is 23.8 Å². The number of carbonyl (C=O) groups is 1. The molecule has 0 aliphatic heterocycles. The van der Waals surface area contributed by atoms with Gasteiger partial charge in [-0.25, -0.2) is 9.78 Å². The average molecular weight is 360 g/mol. The first kappa shape index (κ1) is 19.1. The molecule has 1 aromatic heterocycles. The van der Waals surface area contributed by atoms with E-state index in [1.54, 1.807) is 38.1 Å². The molecule has 9 nitrogen and oxygen atoms in total. The van der Waals surface area contributed by atoms with Gasteiger partial charge in [0.25, 0.3) is 0 Å². The number of benzene rings is 1. The van der Waals surface area contributed by atoms with Crippen LogP contribution >= 0.6 is 0 Å². The number of aromatic nitrogens is 1. The van der Waals surface area contributed by atoms with Crippen molar-refractivity contribution in [2.75, 3.05) is 17.2 Å². The van der Waals surface area contributed by atoms with E-state index in [0.717, 1.165) is 6.20 Å². The van der Waals surface area contributed by atoms with Crippen LogP contribution in [0.5, 0.6) is 0 Å². The molecule has 0 radical (unpaired) electrons. The lowest BCUT2D eigenvalue weighted by molar-refractivity contribution is -0.384. The molecule has 0 saturated carbocycles. The number of amides is 1. The summed E-state index contributed by atoms with van der Waals surface area (Å²) in [6.07, 6.45) is -0.562. The van der Waals surface area contributed by atoms with Crippen LogP contribution in [0.15, 0.2) is 42.6 Å². The highest BCUT2D eigenvalue weighted by molar-refractivity contribution is 5.84. The summed E-state index contributed by atoms with van der Waals surface area (Å²) >= 11 is 0. The first-order chi connectivity index (χ1) is 12.4. The van der Waals surface area contributed by atoms with Crippen molar-refractivity contribution in [3.63, 3.8) is 0 Å². The van der Waals surface area contributed by atoms with Gasteiger partial charge in [0.2, 0.25) is 0 Å². The summed E-state index contributed by atoms with van der Waals surface area (Å²) in [4.78, 5) is 26.0. The van der Waals surface area contributed by atoms with Gasteiger partial charge in [-0.2, -0.15) is 0 Å². The Balaban J connectivity index is 2.22. The SMILES string of the molecule is CCOC(=O)Nc1cc(N[C@@H](C)[C@@H](O)c2ccccc2)c([N+](=O)[O-])cn1. The number of hydrogen-bond acceptors (Lipinski definition) is 7. The van der Waals surface area contributed by atoms with E-state index in [0.29, 0.717) is 5.56 Å². The molecule has 1 amide bonds. The molecule has 1 aromatic carbocycles. The Bertz CT molecular complexity index is 769. The van der Waals surface area contributed by atoms with Crippen molar-refractivity contribution in [2.45, 2.75) is 26.0 Å². The van der Waals surface area contributed by atoms with Gasteiger partial charge in [0.1, 0.15) is 17.7 Å². The predicted molar refractivity (Wildman–Crippen MR) is 96.0 cm³/mol. The molecule has 0 spiro atoms. The van der Waals surface area contributed by atoms with Crippen LogP contribution in [0, 0.1) is 10.1 Å². The molecule has 0 aliphatic rings. The summed E-state index contributed by atoms with van der Waals surface area (Å²) < 4.78 is 4.76. The van der Waals surface area contributed by atoms with Gasteiger partial charge in [-0.15, -0.1) is 0 Å². The van der Waals surface area contributed by atoms with Crippen molar-refractivity contribution in [3.05, 3.63) is 58.3 Å². The summed E-state index contributed by atoms with van der Waals surface area (Å²) in [7, 11) is 0. The first-order valence-corrected chi connectivity index (χ1v) is 8.00. The molecule has 9 heteroatoms. The summed E-state index contributed by atoms with van der Waals surface area (Å²) in [6, 6.07) is 9.73. The van der Waals surface area contributed by atoms with Gasteiger partial charge < -0.3 is 15.2 Å². The van der Waals surface area contributed by atoms with E-state index in [9.17, 15) is 20.0 Å². The minimum Gasteiger partial charge on any atom is -0.450 e. The van der Waals surface area contributed by atoms with Crippen LogP contribution in [-0.2, 0) is 4.74 Å². The molecule has 2 aromatic rings. The summed E-state index contributed by atoms with van der Waals surface area (Å²) in [5.74, 6) is 0.0953. The van der Waals surface area contributed by atoms with Crippen LogP contribution in [0.2, 0.25) is 0 Å². The van der Waals surface area contributed by atoms with Gasteiger partial charge in [0, 0.05) is 6.07 Å². The molecule has 0 aliphatic carbocycles. The fourth-order valence-electron chi connectivity index (χ4n) is 2.31. The monoisotopic (exact) mass is 360 g/mol. The minimum atomic E-state index is -0.884. The summed E-state index contributed by atoms with van der Waals surface area (Å²) in [5, 5.41) is 27.0. The molecule has 26 heavy (non-hydrogen) atoms. The van der Waals surface area contributed by atoms with Crippen LogP contribution in [0.1, 0.15) is 25.5 Å². The van der Waals surface area contributed by atoms with Gasteiger partial charge in [0.15, 0.2) is 0 Å². The predicted octanol–water partition coefficient (Wildman–Crippen LogP) is 3.09. The quantitative estimate of drug-likeness (QED) is 0.511. The van der Waals surface area contributed by atoms with Crippen LogP contribution in [-0.4, -0.2) is 33.8 Å².